The standard InChI is InChI=1S/C14H22N4O/c1-4-13(19-3)11(17-15)9-14-16-10-7-5-6-8-12(10)18(14)2/h5-8,11,13,17H,4,9,15H2,1-3H3. The summed E-state index contributed by atoms with van der Waals surface area (Å²) >= 11 is 0. The Balaban J connectivity index is 2.26. The van der Waals surface area contributed by atoms with Gasteiger partial charge < -0.3 is 9.30 Å². The summed E-state index contributed by atoms with van der Waals surface area (Å²) in [6.07, 6.45) is 1.74. The van der Waals surface area contributed by atoms with Crippen molar-refractivity contribution >= 4 is 11.0 Å². The van der Waals surface area contributed by atoms with Gasteiger partial charge in [-0.25, -0.2) is 4.98 Å². The smallest absolute Gasteiger partial charge is 0.111 e. The molecule has 0 fully saturated rings. The van der Waals surface area contributed by atoms with Crippen molar-refractivity contribution in [3.05, 3.63) is 30.1 Å². The third kappa shape index (κ3) is 2.78. The molecule has 3 N–H and O–H groups in total. The largest absolute Gasteiger partial charge is 0.380 e. The normalized spacial score (nSPS) is 14.7. The summed E-state index contributed by atoms with van der Waals surface area (Å²) in [7, 11) is 3.75. The van der Waals surface area contributed by atoms with Gasteiger partial charge in [0.05, 0.1) is 23.2 Å². The lowest BCUT2D eigenvalue weighted by Gasteiger charge is -2.24. The number of rotatable bonds is 6. The maximum atomic E-state index is 5.65. The molecule has 2 aromatic rings. The zero-order valence-corrected chi connectivity index (χ0v) is 11.8. The number of benzene rings is 1. The number of nitrogens with two attached hydrogens (primary N) is 1. The van der Waals surface area contributed by atoms with E-state index in [0.29, 0.717) is 0 Å². The highest BCUT2D eigenvalue weighted by atomic mass is 16.5. The fraction of sp³-hybridized carbons (Fsp3) is 0.500. The summed E-state index contributed by atoms with van der Waals surface area (Å²) in [4.78, 5) is 4.66. The van der Waals surface area contributed by atoms with Crippen LogP contribution in [0.2, 0.25) is 0 Å². The van der Waals surface area contributed by atoms with Crippen molar-refractivity contribution in [3.63, 3.8) is 0 Å². The maximum absolute atomic E-state index is 5.65. The Morgan fingerprint density at radius 3 is 2.74 bits per heavy atom. The summed E-state index contributed by atoms with van der Waals surface area (Å²) in [6.45, 7) is 2.09. The zero-order chi connectivity index (χ0) is 13.8. The quantitative estimate of drug-likeness (QED) is 0.609. The fourth-order valence-corrected chi connectivity index (χ4v) is 2.49. The molecule has 2 rings (SSSR count). The van der Waals surface area contributed by atoms with Crippen LogP contribution in [0, 0.1) is 0 Å². The summed E-state index contributed by atoms with van der Waals surface area (Å²) in [5, 5.41) is 0. The van der Waals surface area contributed by atoms with Crippen molar-refractivity contribution in [3.8, 4) is 0 Å². The van der Waals surface area contributed by atoms with Gasteiger partial charge in [0.2, 0.25) is 0 Å². The van der Waals surface area contributed by atoms with Gasteiger partial charge in [0.1, 0.15) is 5.82 Å². The first kappa shape index (κ1) is 14.0. The number of ether oxygens (including phenoxy) is 1. The number of imidazole rings is 1. The zero-order valence-electron chi connectivity index (χ0n) is 11.8. The maximum Gasteiger partial charge on any atom is 0.111 e. The number of nitrogens with zero attached hydrogens (tertiary/aromatic N) is 2. The van der Waals surface area contributed by atoms with E-state index in [1.54, 1.807) is 7.11 Å². The summed E-state index contributed by atoms with van der Waals surface area (Å²) < 4.78 is 7.57. The number of hydrogen-bond donors (Lipinski definition) is 2. The van der Waals surface area contributed by atoms with Crippen LogP contribution in [0.25, 0.3) is 11.0 Å². The number of nitrogens with one attached hydrogen (secondary N) is 1. The third-order valence-electron chi connectivity index (χ3n) is 3.65. The number of methoxy groups -OCH3 is 1. The minimum atomic E-state index is 0.0607. The van der Waals surface area contributed by atoms with Crippen molar-refractivity contribution in [1.29, 1.82) is 0 Å². The van der Waals surface area contributed by atoms with Crippen LogP contribution >= 0.6 is 0 Å². The van der Waals surface area contributed by atoms with Crippen LogP contribution in [0.5, 0.6) is 0 Å². The number of fused-ring (bicyclic) bond motifs is 1. The topological polar surface area (TPSA) is 65.1 Å². The van der Waals surface area contributed by atoms with Gasteiger partial charge in [-0.05, 0) is 18.6 Å². The lowest BCUT2D eigenvalue weighted by atomic mass is 10.1. The first-order chi connectivity index (χ1) is 9.21. The van der Waals surface area contributed by atoms with Crippen molar-refractivity contribution in [2.45, 2.75) is 31.9 Å². The molecule has 1 aromatic heterocycles. The van der Waals surface area contributed by atoms with Gasteiger partial charge in [-0.3, -0.25) is 11.3 Å². The molecule has 1 heterocycles. The van der Waals surface area contributed by atoms with Gasteiger partial charge in [-0.15, -0.1) is 0 Å². The molecular weight excluding hydrogens is 240 g/mol. The summed E-state index contributed by atoms with van der Waals surface area (Å²) in [6, 6.07) is 8.19. The highest BCUT2D eigenvalue weighted by Gasteiger charge is 2.21. The monoisotopic (exact) mass is 262 g/mol. The van der Waals surface area contributed by atoms with E-state index in [4.69, 9.17) is 10.6 Å². The molecule has 5 nitrogen and oxygen atoms in total. The van der Waals surface area contributed by atoms with E-state index < -0.39 is 0 Å². The lowest BCUT2D eigenvalue weighted by Crippen LogP contribution is -2.46. The number of aryl methyl sites for hydroxylation is 1. The molecule has 0 saturated carbocycles. The number of hydrogen-bond acceptors (Lipinski definition) is 4. The molecule has 0 aliphatic rings. The van der Waals surface area contributed by atoms with Crippen molar-refractivity contribution in [2.24, 2.45) is 12.9 Å². The van der Waals surface area contributed by atoms with E-state index in [2.05, 4.69) is 28.0 Å². The van der Waals surface area contributed by atoms with E-state index in [9.17, 15) is 0 Å². The van der Waals surface area contributed by atoms with Crippen LogP contribution in [0.1, 0.15) is 19.2 Å². The lowest BCUT2D eigenvalue weighted by molar-refractivity contribution is 0.0646. The fourth-order valence-electron chi connectivity index (χ4n) is 2.49. The van der Waals surface area contributed by atoms with Crippen LogP contribution in [0.4, 0.5) is 0 Å². The second-order valence-electron chi connectivity index (χ2n) is 4.74. The highest BCUT2D eigenvalue weighted by Crippen LogP contribution is 2.16. The first-order valence-corrected chi connectivity index (χ1v) is 6.60. The SMILES string of the molecule is CCC(OC)C(Cc1nc2ccccc2n1C)NN. The van der Waals surface area contributed by atoms with Gasteiger partial charge in [-0.1, -0.05) is 19.1 Å². The van der Waals surface area contributed by atoms with Gasteiger partial charge in [0.25, 0.3) is 0 Å². The van der Waals surface area contributed by atoms with E-state index in [1.165, 1.54) is 0 Å². The van der Waals surface area contributed by atoms with E-state index in [0.717, 1.165) is 29.7 Å². The molecule has 2 atom stereocenters. The van der Waals surface area contributed by atoms with Crippen molar-refractivity contribution in [2.75, 3.05) is 7.11 Å². The van der Waals surface area contributed by atoms with Gasteiger partial charge >= 0.3 is 0 Å². The van der Waals surface area contributed by atoms with Crippen LogP contribution in [0.3, 0.4) is 0 Å². The molecule has 1 aromatic carbocycles. The second kappa shape index (κ2) is 6.14. The van der Waals surface area contributed by atoms with E-state index in [1.807, 2.05) is 25.2 Å². The molecule has 0 aliphatic heterocycles. The van der Waals surface area contributed by atoms with Gasteiger partial charge in [0, 0.05) is 20.6 Å². The average molecular weight is 262 g/mol. The molecular formula is C14H22N4O. The molecule has 0 aliphatic carbocycles. The predicted molar refractivity (Wildman–Crippen MR) is 76.6 cm³/mol. The minimum absolute atomic E-state index is 0.0607. The number of aromatic nitrogens is 2. The molecule has 104 valence electrons. The number of para-hydroxylation sites is 2. The predicted octanol–water partition coefficient (Wildman–Crippen LogP) is 1.37. The van der Waals surface area contributed by atoms with Gasteiger partial charge in [-0.2, -0.15) is 0 Å². The molecule has 0 bridgehead atoms. The van der Waals surface area contributed by atoms with Crippen molar-refractivity contribution < 1.29 is 4.74 Å². The molecule has 5 heteroatoms. The van der Waals surface area contributed by atoms with Gasteiger partial charge in [0.15, 0.2) is 0 Å². The molecule has 19 heavy (non-hydrogen) atoms. The summed E-state index contributed by atoms with van der Waals surface area (Å²) in [5.74, 6) is 6.66. The first-order valence-electron chi connectivity index (χ1n) is 6.60. The Morgan fingerprint density at radius 1 is 1.42 bits per heavy atom. The second-order valence-corrected chi connectivity index (χ2v) is 4.74. The van der Waals surface area contributed by atoms with Crippen LogP contribution < -0.4 is 11.3 Å². The Kier molecular flexibility index (Phi) is 4.52. The summed E-state index contributed by atoms with van der Waals surface area (Å²) in [5.41, 5.74) is 5.00. The number of hydrazine groups is 1. The third-order valence-corrected chi connectivity index (χ3v) is 3.65. The van der Waals surface area contributed by atoms with Crippen molar-refractivity contribution in [1.82, 2.24) is 15.0 Å². The average Bonchev–Trinajstić information content (AvgIpc) is 2.76. The van der Waals surface area contributed by atoms with Crippen LogP contribution in [-0.4, -0.2) is 28.8 Å². The Hall–Kier alpha value is -1.43. The molecule has 0 saturated heterocycles. The molecule has 0 spiro atoms. The van der Waals surface area contributed by atoms with Crippen LogP contribution in [-0.2, 0) is 18.2 Å². The van der Waals surface area contributed by atoms with Crippen LogP contribution in [0.15, 0.2) is 24.3 Å². The molecule has 2 unspecified atom stereocenters. The minimum Gasteiger partial charge on any atom is -0.380 e. The molecule has 0 amide bonds. The molecule has 0 radical (unpaired) electrons. The highest BCUT2D eigenvalue weighted by molar-refractivity contribution is 5.75. The van der Waals surface area contributed by atoms with E-state index in [-0.39, 0.29) is 12.1 Å². The Bertz CT molecular complexity index is 533. The Labute approximate surface area is 113 Å². The van der Waals surface area contributed by atoms with E-state index >= 15 is 0 Å². The Morgan fingerprint density at radius 2 is 2.16 bits per heavy atom.